The molecule has 0 aliphatic heterocycles. The van der Waals surface area contributed by atoms with Crippen LogP contribution in [0, 0.1) is 0 Å². The van der Waals surface area contributed by atoms with Gasteiger partial charge in [0, 0.05) is 20.1 Å². The number of hydrogen-bond acceptors (Lipinski definition) is 4. The van der Waals surface area contributed by atoms with E-state index in [1.165, 1.54) is 46.1 Å². The fourth-order valence-electron chi connectivity index (χ4n) is 6.36. The van der Waals surface area contributed by atoms with Crippen LogP contribution in [0.4, 0.5) is 0 Å². The summed E-state index contributed by atoms with van der Waals surface area (Å²) in [4.78, 5) is 13.7. The average Bonchev–Trinajstić information content (AvgIpc) is 3.20. The summed E-state index contributed by atoms with van der Waals surface area (Å²) < 4.78 is 11.2. The number of fused-ring (bicyclic) bond motifs is 2. The summed E-state index contributed by atoms with van der Waals surface area (Å²) in [6, 6.07) is 32.8. The predicted octanol–water partition coefficient (Wildman–Crippen LogP) is 7.27. The normalized spacial score (nSPS) is 14.9. The van der Waals surface area contributed by atoms with E-state index in [9.17, 15) is 9.90 Å². The van der Waals surface area contributed by atoms with Gasteiger partial charge in [-0.3, -0.25) is 4.90 Å². The highest BCUT2D eigenvalue weighted by Crippen LogP contribution is 2.37. The number of methoxy groups -OCH3 is 1. The number of rotatable bonds is 14. The standard InChI is InChI=1S/C39H45NO4/c1-4-8-29-13-17-32-18-19-33-25-30(12-11-28-9-6-5-7-10-28)16-22-35(33)38(36(32)26-29)40(2)23-24-44-34-20-14-31(15-21-34)27-37(43-3)39(41)42/h5-7,9-10,13-17,20-22,25-26,37-38H,4,8,11-12,18-19,23-24,27H2,1-3H3,(H,41,42). The summed E-state index contributed by atoms with van der Waals surface area (Å²) in [7, 11) is 3.63. The highest BCUT2D eigenvalue weighted by atomic mass is 16.5. The fraction of sp³-hybridized carbons (Fsp3) is 0.359. The molecule has 0 bridgehead atoms. The van der Waals surface area contributed by atoms with Gasteiger partial charge in [0.25, 0.3) is 0 Å². The van der Waals surface area contributed by atoms with Crippen molar-refractivity contribution in [2.75, 3.05) is 27.3 Å². The number of aryl methyl sites for hydroxylation is 5. The Hall–Kier alpha value is -3.93. The molecule has 5 nitrogen and oxygen atoms in total. The molecular weight excluding hydrogens is 546 g/mol. The Balaban J connectivity index is 1.32. The molecule has 2 unspecified atom stereocenters. The molecule has 2 atom stereocenters. The Morgan fingerprint density at radius 2 is 1.50 bits per heavy atom. The van der Waals surface area contributed by atoms with E-state index in [1.807, 2.05) is 24.3 Å². The molecule has 0 heterocycles. The van der Waals surface area contributed by atoms with Gasteiger partial charge in [0.05, 0.1) is 6.04 Å². The molecule has 230 valence electrons. The summed E-state index contributed by atoms with van der Waals surface area (Å²) in [5.74, 6) is -0.177. The predicted molar refractivity (Wildman–Crippen MR) is 177 cm³/mol. The van der Waals surface area contributed by atoms with E-state index in [1.54, 1.807) is 0 Å². The van der Waals surface area contributed by atoms with E-state index in [0.29, 0.717) is 13.0 Å². The van der Waals surface area contributed by atoms with E-state index in [2.05, 4.69) is 85.6 Å². The first-order valence-corrected chi connectivity index (χ1v) is 15.9. The number of carboxylic acids is 1. The van der Waals surface area contributed by atoms with Crippen LogP contribution in [0.15, 0.2) is 91.0 Å². The van der Waals surface area contributed by atoms with Crippen LogP contribution < -0.4 is 4.74 Å². The van der Waals surface area contributed by atoms with E-state index < -0.39 is 12.1 Å². The summed E-state index contributed by atoms with van der Waals surface area (Å²) in [6.07, 6.45) is 5.89. The van der Waals surface area contributed by atoms with Crippen LogP contribution >= 0.6 is 0 Å². The van der Waals surface area contributed by atoms with Gasteiger partial charge in [-0.2, -0.15) is 0 Å². The maximum Gasteiger partial charge on any atom is 0.333 e. The molecule has 0 fully saturated rings. The first-order valence-electron chi connectivity index (χ1n) is 15.9. The highest BCUT2D eigenvalue weighted by Gasteiger charge is 2.27. The van der Waals surface area contributed by atoms with Crippen LogP contribution in [0.25, 0.3) is 0 Å². The second kappa shape index (κ2) is 15.2. The second-order valence-corrected chi connectivity index (χ2v) is 11.9. The van der Waals surface area contributed by atoms with Crippen LogP contribution in [0.5, 0.6) is 5.75 Å². The fourth-order valence-corrected chi connectivity index (χ4v) is 6.36. The van der Waals surface area contributed by atoms with Gasteiger partial charge in [-0.25, -0.2) is 4.79 Å². The van der Waals surface area contributed by atoms with Gasteiger partial charge < -0.3 is 14.6 Å². The Kier molecular flexibility index (Phi) is 10.9. The summed E-state index contributed by atoms with van der Waals surface area (Å²) >= 11 is 0. The first-order chi connectivity index (χ1) is 21.4. The topological polar surface area (TPSA) is 59.0 Å². The van der Waals surface area contributed by atoms with Crippen LogP contribution in [0.2, 0.25) is 0 Å². The Morgan fingerprint density at radius 1 is 0.818 bits per heavy atom. The minimum Gasteiger partial charge on any atom is -0.492 e. The Bertz CT molecular complexity index is 1520. The Labute approximate surface area is 262 Å². The van der Waals surface area contributed by atoms with Crippen molar-refractivity contribution in [3.05, 3.63) is 136 Å². The summed E-state index contributed by atoms with van der Waals surface area (Å²) in [5, 5.41) is 9.27. The largest absolute Gasteiger partial charge is 0.492 e. The monoisotopic (exact) mass is 591 g/mol. The smallest absolute Gasteiger partial charge is 0.333 e. The van der Waals surface area contributed by atoms with Gasteiger partial charge in [-0.15, -0.1) is 0 Å². The van der Waals surface area contributed by atoms with Crippen LogP contribution in [0.3, 0.4) is 0 Å². The summed E-state index contributed by atoms with van der Waals surface area (Å²) in [6.45, 7) is 3.56. The van der Waals surface area contributed by atoms with Crippen LogP contribution in [0.1, 0.15) is 63.9 Å². The quantitative estimate of drug-likeness (QED) is 0.167. The van der Waals surface area contributed by atoms with Crippen molar-refractivity contribution < 1.29 is 19.4 Å². The molecule has 0 saturated heterocycles. The molecule has 44 heavy (non-hydrogen) atoms. The van der Waals surface area contributed by atoms with Crippen molar-refractivity contribution in [3.63, 3.8) is 0 Å². The van der Waals surface area contributed by atoms with Crippen molar-refractivity contribution in [2.45, 2.75) is 64.0 Å². The number of hydrogen-bond donors (Lipinski definition) is 1. The molecule has 5 rings (SSSR count). The molecule has 1 aliphatic carbocycles. The van der Waals surface area contributed by atoms with Gasteiger partial charge in [-0.1, -0.05) is 92.2 Å². The molecule has 0 radical (unpaired) electrons. The summed E-state index contributed by atoms with van der Waals surface area (Å²) in [5.41, 5.74) is 10.8. The van der Waals surface area contributed by atoms with Crippen molar-refractivity contribution in [2.24, 2.45) is 0 Å². The average molecular weight is 592 g/mol. The van der Waals surface area contributed by atoms with E-state index in [0.717, 1.165) is 56.4 Å². The Morgan fingerprint density at radius 3 is 2.23 bits per heavy atom. The van der Waals surface area contributed by atoms with Gasteiger partial charge in [0.2, 0.25) is 0 Å². The van der Waals surface area contributed by atoms with Gasteiger partial charge in [0.1, 0.15) is 12.4 Å². The van der Waals surface area contributed by atoms with Crippen molar-refractivity contribution in [3.8, 4) is 5.75 Å². The number of carbonyl (C=O) groups is 1. The molecule has 4 aromatic carbocycles. The molecule has 1 aliphatic rings. The SMILES string of the molecule is CCCc1ccc2c(c1)C(N(C)CCOc1ccc(CC(OC)C(=O)O)cc1)c1ccc(CCc3ccccc3)cc1CC2. The second-order valence-electron chi connectivity index (χ2n) is 11.9. The maximum absolute atomic E-state index is 11.3. The number of likely N-dealkylation sites (N-methyl/N-ethyl adjacent to an activating group) is 1. The molecule has 0 aromatic heterocycles. The third-order valence-electron chi connectivity index (χ3n) is 8.81. The first kappa shape index (κ1) is 31.5. The zero-order valence-electron chi connectivity index (χ0n) is 26.3. The van der Waals surface area contributed by atoms with E-state index >= 15 is 0 Å². The van der Waals surface area contributed by atoms with Crippen molar-refractivity contribution in [1.82, 2.24) is 4.90 Å². The molecule has 0 saturated carbocycles. The highest BCUT2D eigenvalue weighted by molar-refractivity contribution is 5.72. The third kappa shape index (κ3) is 7.96. The van der Waals surface area contributed by atoms with Crippen LogP contribution in [-0.4, -0.2) is 49.4 Å². The molecule has 0 spiro atoms. The number of ether oxygens (including phenoxy) is 2. The molecule has 5 heteroatoms. The lowest BCUT2D eigenvalue weighted by Crippen LogP contribution is -2.30. The zero-order chi connectivity index (χ0) is 30.9. The van der Waals surface area contributed by atoms with Crippen molar-refractivity contribution >= 4 is 5.97 Å². The van der Waals surface area contributed by atoms with Gasteiger partial charge in [0.15, 0.2) is 6.10 Å². The zero-order valence-corrected chi connectivity index (χ0v) is 26.3. The molecule has 0 amide bonds. The minimum absolute atomic E-state index is 0.162. The van der Waals surface area contributed by atoms with Crippen molar-refractivity contribution in [1.29, 1.82) is 0 Å². The number of aliphatic carboxylic acids is 1. The number of benzene rings is 4. The lowest BCUT2D eigenvalue weighted by molar-refractivity contribution is -0.148. The van der Waals surface area contributed by atoms with Gasteiger partial charge >= 0.3 is 5.97 Å². The maximum atomic E-state index is 11.3. The lowest BCUT2D eigenvalue weighted by atomic mass is 9.90. The van der Waals surface area contributed by atoms with E-state index in [-0.39, 0.29) is 6.04 Å². The molecular formula is C39H45NO4. The number of nitrogens with zero attached hydrogens (tertiary/aromatic N) is 1. The number of carboxylic acid groups (broad SMARTS) is 1. The molecule has 1 N–H and O–H groups in total. The van der Waals surface area contributed by atoms with Crippen LogP contribution in [-0.2, 0) is 48.1 Å². The third-order valence-corrected chi connectivity index (χ3v) is 8.81. The van der Waals surface area contributed by atoms with E-state index in [4.69, 9.17) is 9.47 Å². The lowest BCUT2D eigenvalue weighted by Gasteiger charge is -2.31. The minimum atomic E-state index is -0.956. The molecule has 4 aromatic rings. The van der Waals surface area contributed by atoms with Gasteiger partial charge in [-0.05, 0) is 95.8 Å².